The normalized spacial score (nSPS) is 12.2. The van der Waals surface area contributed by atoms with Gasteiger partial charge in [0.05, 0.1) is 16.3 Å². The summed E-state index contributed by atoms with van der Waals surface area (Å²) in [7, 11) is -4.12. The van der Waals surface area contributed by atoms with Crippen LogP contribution in [0.25, 0.3) is 11.3 Å². The number of halogens is 1. The van der Waals surface area contributed by atoms with E-state index in [0.717, 1.165) is 11.6 Å². The van der Waals surface area contributed by atoms with Crippen LogP contribution >= 0.6 is 22.9 Å². The lowest BCUT2D eigenvalue weighted by Gasteiger charge is -2.13. The Hall–Kier alpha value is -2.79. The summed E-state index contributed by atoms with van der Waals surface area (Å²) in [6.07, 6.45) is -1.16. The van der Waals surface area contributed by atoms with Gasteiger partial charge in [0.1, 0.15) is 4.90 Å². The molecule has 0 bridgehead atoms. The van der Waals surface area contributed by atoms with Gasteiger partial charge in [-0.25, -0.2) is 23.3 Å². The van der Waals surface area contributed by atoms with Gasteiger partial charge in [-0.05, 0) is 25.1 Å². The molecule has 0 spiro atoms. The molecule has 0 saturated carbocycles. The molecular weight excluding hydrogens is 450 g/mol. The van der Waals surface area contributed by atoms with Crippen molar-refractivity contribution in [2.24, 2.45) is 5.14 Å². The lowest BCUT2D eigenvalue weighted by Crippen LogP contribution is -2.30. The smallest absolute Gasteiger partial charge is 0.338 e. The maximum atomic E-state index is 12.3. The zero-order chi connectivity index (χ0) is 21.9. The topological polar surface area (TPSA) is 128 Å². The number of nitrogens with one attached hydrogen (secondary N) is 1. The monoisotopic (exact) mass is 465 g/mol. The number of nitrogens with two attached hydrogens (primary N) is 1. The number of amides is 1. The fourth-order valence-electron chi connectivity index (χ4n) is 2.41. The van der Waals surface area contributed by atoms with Crippen LogP contribution in [0.1, 0.15) is 17.3 Å². The van der Waals surface area contributed by atoms with Gasteiger partial charge < -0.3 is 4.74 Å². The molecule has 3 N–H and O–H groups in total. The van der Waals surface area contributed by atoms with Crippen molar-refractivity contribution in [1.29, 1.82) is 0 Å². The van der Waals surface area contributed by atoms with Crippen LogP contribution < -0.4 is 10.5 Å². The van der Waals surface area contributed by atoms with Crippen molar-refractivity contribution in [3.8, 4) is 11.3 Å². The number of primary sulfonamides is 1. The summed E-state index contributed by atoms with van der Waals surface area (Å²) in [6.45, 7) is 1.38. The van der Waals surface area contributed by atoms with E-state index in [4.69, 9.17) is 21.5 Å². The molecule has 3 aromatic rings. The molecule has 0 radical (unpaired) electrons. The van der Waals surface area contributed by atoms with Crippen LogP contribution in [0.4, 0.5) is 5.13 Å². The average Bonchev–Trinajstić information content (AvgIpc) is 3.16. The van der Waals surface area contributed by atoms with Crippen LogP contribution in [0.15, 0.2) is 58.8 Å². The second kappa shape index (κ2) is 8.92. The largest absolute Gasteiger partial charge is 0.449 e. The van der Waals surface area contributed by atoms with Crippen LogP contribution in [0, 0.1) is 0 Å². The van der Waals surface area contributed by atoms with Crippen molar-refractivity contribution in [2.75, 3.05) is 5.32 Å². The molecule has 11 heteroatoms. The number of rotatable bonds is 6. The summed E-state index contributed by atoms with van der Waals surface area (Å²) in [5.74, 6) is -1.48. The van der Waals surface area contributed by atoms with Crippen molar-refractivity contribution in [3.05, 3.63) is 64.5 Å². The van der Waals surface area contributed by atoms with Crippen LogP contribution in [0.2, 0.25) is 5.02 Å². The number of anilines is 1. The Morgan fingerprint density at radius 3 is 2.57 bits per heavy atom. The molecule has 2 aromatic carbocycles. The van der Waals surface area contributed by atoms with Crippen molar-refractivity contribution in [2.45, 2.75) is 17.9 Å². The molecule has 1 atom stereocenters. The Kier molecular flexibility index (Phi) is 6.52. The quantitative estimate of drug-likeness (QED) is 0.537. The summed E-state index contributed by atoms with van der Waals surface area (Å²) in [5.41, 5.74) is 1.50. The van der Waals surface area contributed by atoms with Gasteiger partial charge in [-0.15, -0.1) is 11.3 Å². The Morgan fingerprint density at radius 2 is 1.90 bits per heavy atom. The summed E-state index contributed by atoms with van der Waals surface area (Å²) < 4.78 is 28.2. The number of benzene rings is 2. The molecule has 1 unspecified atom stereocenters. The number of aromatic nitrogens is 1. The fraction of sp³-hybridized carbons (Fsp3) is 0.105. The van der Waals surface area contributed by atoms with Crippen molar-refractivity contribution >= 4 is 50.0 Å². The van der Waals surface area contributed by atoms with E-state index in [1.54, 1.807) is 5.38 Å². The molecule has 156 valence electrons. The lowest BCUT2D eigenvalue weighted by atomic mass is 10.2. The molecule has 30 heavy (non-hydrogen) atoms. The maximum Gasteiger partial charge on any atom is 0.338 e. The first-order valence-electron chi connectivity index (χ1n) is 8.50. The summed E-state index contributed by atoms with van der Waals surface area (Å²) >= 11 is 7.03. The summed E-state index contributed by atoms with van der Waals surface area (Å²) in [5, 5.41) is 9.68. The standard InChI is InChI=1S/C19H16ClN3O5S2/c1-11(28-18(25)13-7-8-14(20)16(9-13)30(21,26)27)17(24)23-19-22-15(10-29-19)12-5-3-2-4-6-12/h2-11H,1H3,(H2,21,26,27)(H,22,23,24). The predicted octanol–water partition coefficient (Wildman–Crippen LogP) is 3.29. The first kappa shape index (κ1) is 21.9. The highest BCUT2D eigenvalue weighted by Gasteiger charge is 2.22. The van der Waals surface area contributed by atoms with Crippen LogP contribution in [0.5, 0.6) is 0 Å². The highest BCUT2D eigenvalue weighted by molar-refractivity contribution is 7.89. The number of hydrogen-bond acceptors (Lipinski definition) is 7. The summed E-state index contributed by atoms with van der Waals surface area (Å²) in [4.78, 5) is 28.6. The van der Waals surface area contributed by atoms with Crippen LogP contribution in [0.3, 0.4) is 0 Å². The number of thiazole rings is 1. The van der Waals surface area contributed by atoms with E-state index in [2.05, 4.69) is 10.3 Å². The minimum Gasteiger partial charge on any atom is -0.449 e. The van der Waals surface area contributed by atoms with Gasteiger partial charge in [0, 0.05) is 10.9 Å². The Morgan fingerprint density at radius 1 is 1.20 bits per heavy atom. The zero-order valence-corrected chi connectivity index (χ0v) is 17.9. The third-order valence-electron chi connectivity index (χ3n) is 3.93. The molecule has 3 rings (SSSR count). The van der Waals surface area contributed by atoms with Crippen molar-refractivity contribution in [3.63, 3.8) is 0 Å². The minimum absolute atomic E-state index is 0.108. The lowest BCUT2D eigenvalue weighted by molar-refractivity contribution is -0.123. The predicted molar refractivity (Wildman–Crippen MR) is 114 cm³/mol. The van der Waals surface area contributed by atoms with E-state index in [-0.39, 0.29) is 10.6 Å². The van der Waals surface area contributed by atoms with E-state index in [9.17, 15) is 18.0 Å². The number of esters is 1. The number of nitrogens with zero attached hydrogens (tertiary/aromatic N) is 1. The first-order chi connectivity index (χ1) is 14.1. The molecule has 1 heterocycles. The highest BCUT2D eigenvalue weighted by Crippen LogP contribution is 2.25. The zero-order valence-electron chi connectivity index (χ0n) is 15.5. The average molecular weight is 466 g/mol. The van der Waals surface area contributed by atoms with E-state index >= 15 is 0 Å². The van der Waals surface area contributed by atoms with Crippen LogP contribution in [-0.4, -0.2) is 31.4 Å². The Bertz CT molecular complexity index is 1200. The molecule has 0 aliphatic carbocycles. The molecule has 1 amide bonds. The fourth-order valence-corrected chi connectivity index (χ4v) is 4.20. The molecule has 0 saturated heterocycles. The number of sulfonamides is 1. The van der Waals surface area contributed by atoms with E-state index in [1.807, 2.05) is 30.3 Å². The molecule has 1 aromatic heterocycles. The SMILES string of the molecule is CC(OC(=O)c1ccc(Cl)c(S(N)(=O)=O)c1)C(=O)Nc1nc(-c2ccccc2)cs1. The molecule has 8 nitrogen and oxygen atoms in total. The van der Waals surface area contributed by atoms with E-state index < -0.39 is 32.9 Å². The van der Waals surface area contributed by atoms with Crippen LogP contribution in [-0.2, 0) is 19.6 Å². The molecular formula is C19H16ClN3O5S2. The number of hydrogen-bond donors (Lipinski definition) is 2. The van der Waals surface area contributed by atoms with Crippen molar-refractivity contribution < 1.29 is 22.7 Å². The third kappa shape index (κ3) is 5.22. The van der Waals surface area contributed by atoms with Gasteiger partial charge in [0.2, 0.25) is 10.0 Å². The molecule has 0 aliphatic heterocycles. The van der Waals surface area contributed by atoms with E-state index in [1.165, 1.54) is 30.4 Å². The highest BCUT2D eigenvalue weighted by atomic mass is 35.5. The molecule has 0 fully saturated rings. The van der Waals surface area contributed by atoms with Crippen molar-refractivity contribution in [1.82, 2.24) is 4.98 Å². The number of ether oxygens (including phenoxy) is 1. The maximum absolute atomic E-state index is 12.3. The second-order valence-electron chi connectivity index (χ2n) is 6.13. The number of carbonyl (C=O) groups excluding carboxylic acids is 2. The van der Waals surface area contributed by atoms with Gasteiger partial charge in [0.25, 0.3) is 5.91 Å². The second-order valence-corrected chi connectivity index (χ2v) is 8.93. The van der Waals surface area contributed by atoms with Gasteiger partial charge in [-0.1, -0.05) is 41.9 Å². The van der Waals surface area contributed by atoms with E-state index in [0.29, 0.717) is 10.8 Å². The summed E-state index contributed by atoms with van der Waals surface area (Å²) in [6, 6.07) is 12.9. The first-order valence-corrected chi connectivity index (χ1v) is 11.3. The minimum atomic E-state index is -4.12. The van der Waals surface area contributed by atoms with Gasteiger partial charge in [0.15, 0.2) is 11.2 Å². The van der Waals surface area contributed by atoms with Gasteiger partial charge in [-0.2, -0.15) is 0 Å². The van der Waals surface area contributed by atoms with Gasteiger partial charge >= 0.3 is 5.97 Å². The number of carbonyl (C=O) groups is 2. The molecule has 0 aliphatic rings. The third-order valence-corrected chi connectivity index (χ3v) is 6.08. The Balaban J connectivity index is 1.66. The van der Waals surface area contributed by atoms with Gasteiger partial charge in [-0.3, -0.25) is 10.1 Å². The Labute approximate surface area is 181 Å².